The van der Waals surface area contributed by atoms with Gasteiger partial charge >= 0.3 is 0 Å². The van der Waals surface area contributed by atoms with Crippen molar-refractivity contribution < 1.29 is 9.59 Å². The molecule has 23 heavy (non-hydrogen) atoms. The molecule has 5 nitrogen and oxygen atoms in total. The molecule has 0 bridgehead atoms. The molecule has 132 valence electrons. The molecule has 0 aromatic carbocycles. The highest BCUT2D eigenvalue weighted by Crippen LogP contribution is 2.22. The van der Waals surface area contributed by atoms with E-state index < -0.39 is 0 Å². The average molecular weight is 323 g/mol. The van der Waals surface area contributed by atoms with Crippen molar-refractivity contribution in [2.45, 2.75) is 65.5 Å². The van der Waals surface area contributed by atoms with Crippen molar-refractivity contribution >= 4 is 11.8 Å². The van der Waals surface area contributed by atoms with Gasteiger partial charge in [-0.25, -0.2) is 0 Å². The summed E-state index contributed by atoms with van der Waals surface area (Å²) >= 11 is 0. The van der Waals surface area contributed by atoms with Gasteiger partial charge in [0.25, 0.3) is 0 Å². The van der Waals surface area contributed by atoms with E-state index in [4.69, 9.17) is 0 Å². The molecule has 2 aliphatic rings. The number of likely N-dealkylation sites (tertiary alicyclic amines) is 2. The number of amides is 2. The Morgan fingerprint density at radius 1 is 0.957 bits per heavy atom. The third-order valence-electron chi connectivity index (χ3n) is 5.11. The van der Waals surface area contributed by atoms with Gasteiger partial charge in [0.2, 0.25) is 11.8 Å². The van der Waals surface area contributed by atoms with Gasteiger partial charge < -0.3 is 9.80 Å². The minimum Gasteiger partial charge on any atom is -0.342 e. The quantitative estimate of drug-likeness (QED) is 0.777. The van der Waals surface area contributed by atoms with Crippen molar-refractivity contribution in [1.29, 1.82) is 0 Å². The van der Waals surface area contributed by atoms with Crippen LogP contribution in [0.2, 0.25) is 0 Å². The van der Waals surface area contributed by atoms with E-state index in [0.29, 0.717) is 12.5 Å². The lowest BCUT2D eigenvalue weighted by Crippen LogP contribution is -2.49. The highest BCUT2D eigenvalue weighted by atomic mass is 16.2. The van der Waals surface area contributed by atoms with Gasteiger partial charge in [-0.05, 0) is 66.5 Å². The van der Waals surface area contributed by atoms with Crippen molar-refractivity contribution in [3.05, 3.63) is 0 Å². The molecular weight excluding hydrogens is 290 g/mol. The largest absolute Gasteiger partial charge is 0.342 e. The summed E-state index contributed by atoms with van der Waals surface area (Å²) in [7, 11) is 0. The number of hydrogen-bond acceptors (Lipinski definition) is 3. The van der Waals surface area contributed by atoms with Crippen LogP contribution in [-0.2, 0) is 9.59 Å². The number of nitrogens with zero attached hydrogens (tertiary/aromatic N) is 3. The molecular formula is C18H33N3O2. The van der Waals surface area contributed by atoms with E-state index in [1.54, 1.807) is 0 Å². The smallest absolute Gasteiger partial charge is 0.237 e. The van der Waals surface area contributed by atoms with Gasteiger partial charge in [-0.3, -0.25) is 14.5 Å². The lowest BCUT2D eigenvalue weighted by molar-refractivity contribution is -0.137. The summed E-state index contributed by atoms with van der Waals surface area (Å²) in [6.45, 7) is 12.4. The van der Waals surface area contributed by atoms with Gasteiger partial charge in [0.1, 0.15) is 0 Å². The first kappa shape index (κ1) is 18.2. The molecule has 0 radical (unpaired) electrons. The Morgan fingerprint density at radius 3 is 1.96 bits per heavy atom. The normalized spacial score (nSPS) is 20.5. The van der Waals surface area contributed by atoms with Crippen LogP contribution in [0.3, 0.4) is 0 Å². The van der Waals surface area contributed by atoms with E-state index in [9.17, 15) is 9.59 Å². The van der Waals surface area contributed by atoms with Crippen LogP contribution in [0.15, 0.2) is 0 Å². The molecule has 0 saturated carbocycles. The molecule has 5 heteroatoms. The van der Waals surface area contributed by atoms with Crippen molar-refractivity contribution in [3.63, 3.8) is 0 Å². The fraction of sp³-hybridized carbons (Fsp3) is 0.889. The highest BCUT2D eigenvalue weighted by Gasteiger charge is 2.31. The monoisotopic (exact) mass is 323 g/mol. The standard InChI is InChI=1S/C18H33N3O2/c1-14(2)21(15(3)4)17(22)13-19-11-7-16(8-12-19)18(23)20-9-5-6-10-20/h14-16H,5-13H2,1-4H3. The maximum atomic E-state index is 12.5. The van der Waals surface area contributed by atoms with Crippen LogP contribution in [-0.4, -0.2) is 71.3 Å². The summed E-state index contributed by atoms with van der Waals surface area (Å²) in [5.41, 5.74) is 0. The Kier molecular flexibility index (Phi) is 6.45. The molecule has 0 N–H and O–H groups in total. The molecule has 2 heterocycles. The zero-order valence-corrected chi connectivity index (χ0v) is 15.3. The lowest BCUT2D eigenvalue weighted by Gasteiger charge is -2.36. The minimum atomic E-state index is 0.172. The second-order valence-corrected chi connectivity index (χ2v) is 7.57. The average Bonchev–Trinajstić information content (AvgIpc) is 3.00. The van der Waals surface area contributed by atoms with Gasteiger partial charge in [0, 0.05) is 31.1 Å². The predicted octanol–water partition coefficient (Wildman–Crippen LogP) is 1.97. The van der Waals surface area contributed by atoms with Crippen LogP contribution in [0, 0.1) is 5.92 Å². The fourth-order valence-electron chi connectivity index (χ4n) is 3.98. The second kappa shape index (κ2) is 8.13. The van der Waals surface area contributed by atoms with Crippen molar-refractivity contribution in [2.24, 2.45) is 5.92 Å². The number of rotatable bonds is 5. The maximum absolute atomic E-state index is 12.5. The van der Waals surface area contributed by atoms with Gasteiger partial charge in [-0.15, -0.1) is 0 Å². The van der Waals surface area contributed by atoms with Crippen molar-refractivity contribution in [3.8, 4) is 0 Å². The maximum Gasteiger partial charge on any atom is 0.237 e. The summed E-state index contributed by atoms with van der Waals surface area (Å²) in [5, 5.41) is 0. The Morgan fingerprint density at radius 2 is 1.48 bits per heavy atom. The van der Waals surface area contributed by atoms with Crippen LogP contribution in [0.1, 0.15) is 53.4 Å². The highest BCUT2D eigenvalue weighted by molar-refractivity contribution is 5.80. The van der Waals surface area contributed by atoms with E-state index in [1.165, 1.54) is 0 Å². The third-order valence-corrected chi connectivity index (χ3v) is 5.11. The SMILES string of the molecule is CC(C)N(C(=O)CN1CCC(C(=O)N2CCCC2)CC1)C(C)C. The van der Waals surface area contributed by atoms with Crippen LogP contribution in [0.25, 0.3) is 0 Å². The van der Waals surface area contributed by atoms with Crippen LogP contribution >= 0.6 is 0 Å². The van der Waals surface area contributed by atoms with E-state index in [-0.39, 0.29) is 23.9 Å². The molecule has 2 saturated heterocycles. The van der Waals surface area contributed by atoms with Gasteiger partial charge in [0.15, 0.2) is 0 Å². The Hall–Kier alpha value is -1.10. The fourth-order valence-corrected chi connectivity index (χ4v) is 3.98. The molecule has 2 aliphatic heterocycles. The molecule has 0 aromatic heterocycles. The summed E-state index contributed by atoms with van der Waals surface area (Å²) < 4.78 is 0. The predicted molar refractivity (Wildman–Crippen MR) is 92.1 cm³/mol. The topological polar surface area (TPSA) is 43.9 Å². The van der Waals surface area contributed by atoms with Crippen molar-refractivity contribution in [1.82, 2.24) is 14.7 Å². The molecule has 2 fully saturated rings. The summed E-state index contributed by atoms with van der Waals surface area (Å²) in [4.78, 5) is 31.2. The number of carbonyl (C=O) groups is 2. The molecule has 0 spiro atoms. The number of hydrogen-bond donors (Lipinski definition) is 0. The van der Waals surface area contributed by atoms with Gasteiger partial charge in [-0.2, -0.15) is 0 Å². The molecule has 2 rings (SSSR count). The summed E-state index contributed by atoms with van der Waals surface area (Å²) in [6, 6.07) is 0.466. The zero-order chi connectivity index (χ0) is 17.0. The number of piperidine rings is 1. The first-order valence-electron chi connectivity index (χ1n) is 9.22. The number of carbonyl (C=O) groups excluding carboxylic acids is 2. The molecule has 0 unspecified atom stereocenters. The van der Waals surface area contributed by atoms with Gasteiger partial charge in [-0.1, -0.05) is 0 Å². The molecule has 0 aromatic rings. The summed E-state index contributed by atoms with van der Waals surface area (Å²) in [6.07, 6.45) is 4.09. The van der Waals surface area contributed by atoms with Crippen LogP contribution in [0.5, 0.6) is 0 Å². The van der Waals surface area contributed by atoms with Crippen molar-refractivity contribution in [2.75, 3.05) is 32.7 Å². The molecule has 0 aliphatic carbocycles. The van der Waals surface area contributed by atoms with E-state index in [2.05, 4.69) is 32.6 Å². The van der Waals surface area contributed by atoms with E-state index in [1.807, 2.05) is 9.80 Å². The summed E-state index contributed by atoms with van der Waals surface area (Å²) in [5.74, 6) is 0.726. The van der Waals surface area contributed by atoms with Crippen LogP contribution < -0.4 is 0 Å². The zero-order valence-electron chi connectivity index (χ0n) is 15.3. The Bertz CT molecular complexity index is 400. The van der Waals surface area contributed by atoms with E-state index >= 15 is 0 Å². The Labute approximate surface area is 141 Å². The molecule has 2 amide bonds. The second-order valence-electron chi connectivity index (χ2n) is 7.57. The minimum absolute atomic E-state index is 0.172. The van der Waals surface area contributed by atoms with Gasteiger partial charge in [0.05, 0.1) is 6.54 Å². The van der Waals surface area contributed by atoms with E-state index in [0.717, 1.165) is 51.9 Å². The first-order chi connectivity index (χ1) is 10.9. The third kappa shape index (κ3) is 4.69. The Balaban J connectivity index is 1.80. The first-order valence-corrected chi connectivity index (χ1v) is 9.22. The van der Waals surface area contributed by atoms with Crippen LogP contribution in [0.4, 0.5) is 0 Å². The lowest BCUT2D eigenvalue weighted by atomic mass is 9.95. The molecule has 0 atom stereocenters.